The fourth-order valence-electron chi connectivity index (χ4n) is 0.471. The molecule has 0 saturated heterocycles. The van der Waals surface area contributed by atoms with Crippen molar-refractivity contribution in [3.63, 3.8) is 0 Å². The third-order valence-electron chi connectivity index (χ3n) is 0.931. The summed E-state index contributed by atoms with van der Waals surface area (Å²) in [5.41, 5.74) is -1.16. The number of halogens is 3. The van der Waals surface area contributed by atoms with E-state index in [0.717, 1.165) is 6.07 Å². The second kappa shape index (κ2) is 2.37. The minimum Gasteiger partial charge on any atom is -0.266 e. The van der Waals surface area contributed by atoms with Crippen LogP contribution in [0.3, 0.4) is 0 Å². The molecule has 1 heterocycles. The van der Waals surface area contributed by atoms with E-state index in [1.807, 2.05) is 0 Å². The lowest BCUT2D eigenvalue weighted by Crippen LogP contribution is -2.08. The van der Waals surface area contributed by atoms with Crippen LogP contribution in [-0.4, -0.2) is 10.2 Å². The van der Waals surface area contributed by atoms with Gasteiger partial charge in [0.1, 0.15) is 0 Å². The van der Waals surface area contributed by atoms with Crippen molar-refractivity contribution < 1.29 is 18.3 Å². The van der Waals surface area contributed by atoms with Crippen molar-refractivity contribution in [2.75, 3.05) is 0 Å². The number of nitrogens with zero attached hydrogens (tertiary/aromatic N) is 2. The molecule has 0 aliphatic rings. The van der Waals surface area contributed by atoms with Crippen LogP contribution in [0.4, 0.5) is 13.2 Å². The summed E-state index contributed by atoms with van der Waals surface area (Å²) < 4.78 is 35.1. The number of rotatable bonds is 0. The first-order chi connectivity index (χ1) is 5.00. The van der Waals surface area contributed by atoms with Gasteiger partial charge >= 0.3 is 6.18 Å². The van der Waals surface area contributed by atoms with Gasteiger partial charge in [0.2, 0.25) is 0 Å². The Hall–Kier alpha value is -1.33. The highest BCUT2D eigenvalue weighted by Crippen LogP contribution is 2.27. The molecule has 1 aromatic rings. The van der Waals surface area contributed by atoms with Crippen molar-refractivity contribution >= 4 is 0 Å². The van der Waals surface area contributed by atoms with Crippen LogP contribution in [-0.2, 0) is 11.3 Å². The number of hydrogen-bond donors (Lipinski definition) is 0. The molecule has 0 aliphatic carbocycles. The van der Waals surface area contributed by atoms with E-state index < -0.39 is 17.8 Å². The van der Waals surface area contributed by atoms with Crippen molar-refractivity contribution in [1.29, 1.82) is 0 Å². The average molecular weight is 163 g/mol. The molecule has 59 valence electrons. The van der Waals surface area contributed by atoms with Gasteiger partial charge in [-0.15, -0.1) is 10.2 Å². The summed E-state index contributed by atoms with van der Waals surface area (Å²) >= 11 is 0. The monoisotopic (exact) mass is 163 g/mol. The first kappa shape index (κ1) is 7.77. The van der Waals surface area contributed by atoms with Crippen LogP contribution < -0.4 is 0 Å². The molecule has 1 aromatic heterocycles. The van der Waals surface area contributed by atoms with E-state index in [2.05, 4.69) is 10.2 Å². The molecule has 1 radical (unpaired) electrons. The molecule has 0 amide bonds. The largest absolute Gasteiger partial charge is 0.435 e. The summed E-state index contributed by atoms with van der Waals surface area (Å²) in [4.78, 5) is 0. The SMILES string of the molecule is [O]c1ccc(C(F)(F)F)nn1. The molecule has 3 nitrogen and oxygen atoms in total. The fourth-order valence-corrected chi connectivity index (χ4v) is 0.471. The minimum absolute atomic E-state index is 0.593. The Labute approximate surface area is 59.5 Å². The van der Waals surface area contributed by atoms with Gasteiger partial charge < -0.3 is 0 Å². The van der Waals surface area contributed by atoms with Crippen LogP contribution in [0, 0.1) is 0 Å². The Bertz CT molecular complexity index is 243. The summed E-state index contributed by atoms with van der Waals surface area (Å²) in [6, 6.07) is 1.31. The molecular weight excluding hydrogens is 161 g/mol. The van der Waals surface area contributed by atoms with E-state index in [1.165, 1.54) is 0 Å². The first-order valence-corrected chi connectivity index (χ1v) is 2.58. The zero-order chi connectivity index (χ0) is 8.48. The van der Waals surface area contributed by atoms with E-state index in [4.69, 9.17) is 0 Å². The summed E-state index contributed by atoms with van der Waals surface area (Å²) in [6.45, 7) is 0. The lowest BCUT2D eigenvalue weighted by atomic mass is 10.4. The Morgan fingerprint density at radius 3 is 2.18 bits per heavy atom. The lowest BCUT2D eigenvalue weighted by Gasteiger charge is -2.01. The summed E-state index contributed by atoms with van der Waals surface area (Å²) in [5.74, 6) is -0.780. The first-order valence-electron chi connectivity index (χ1n) is 2.58. The predicted octanol–water partition coefficient (Wildman–Crippen LogP) is 1.64. The molecule has 0 N–H and O–H groups in total. The van der Waals surface area contributed by atoms with E-state index in [0.29, 0.717) is 6.07 Å². The Kier molecular flexibility index (Phi) is 1.67. The molecule has 0 aromatic carbocycles. The molecule has 1 rings (SSSR count). The van der Waals surface area contributed by atoms with Gasteiger partial charge in [0.15, 0.2) is 5.69 Å². The Morgan fingerprint density at radius 2 is 1.82 bits per heavy atom. The normalized spacial score (nSPS) is 11.5. The lowest BCUT2D eigenvalue weighted by molar-refractivity contribution is -0.141. The van der Waals surface area contributed by atoms with Crippen LogP contribution in [0.25, 0.3) is 0 Å². The highest BCUT2D eigenvalue weighted by atomic mass is 19.4. The van der Waals surface area contributed by atoms with Gasteiger partial charge in [-0.2, -0.15) is 13.2 Å². The maximum Gasteiger partial charge on any atom is 0.435 e. The molecule has 0 spiro atoms. The van der Waals surface area contributed by atoms with Crippen LogP contribution in [0.1, 0.15) is 5.69 Å². The molecule has 0 atom stereocenters. The zero-order valence-corrected chi connectivity index (χ0v) is 5.09. The van der Waals surface area contributed by atoms with Gasteiger partial charge in [-0.05, 0) is 6.07 Å². The minimum atomic E-state index is -4.53. The molecule has 0 fully saturated rings. The van der Waals surface area contributed by atoms with Gasteiger partial charge in [0, 0.05) is 6.07 Å². The summed E-state index contributed by atoms with van der Waals surface area (Å²) in [5, 5.41) is 15.6. The van der Waals surface area contributed by atoms with Crippen molar-refractivity contribution in [2.24, 2.45) is 0 Å². The van der Waals surface area contributed by atoms with Gasteiger partial charge in [0.05, 0.1) is 0 Å². The highest BCUT2D eigenvalue weighted by Gasteiger charge is 2.32. The Balaban J connectivity index is 2.99. The second-order valence-electron chi connectivity index (χ2n) is 1.75. The van der Waals surface area contributed by atoms with Crippen LogP contribution in [0.5, 0.6) is 5.88 Å². The van der Waals surface area contributed by atoms with E-state index >= 15 is 0 Å². The molecular formula is C5H2F3N2O. The molecule has 0 unspecified atom stereocenters. The van der Waals surface area contributed by atoms with E-state index in [-0.39, 0.29) is 0 Å². The van der Waals surface area contributed by atoms with Crippen LogP contribution >= 0.6 is 0 Å². The van der Waals surface area contributed by atoms with Crippen molar-refractivity contribution in [1.82, 2.24) is 10.2 Å². The predicted molar refractivity (Wildman–Crippen MR) is 27.2 cm³/mol. The fraction of sp³-hybridized carbons (Fsp3) is 0.200. The van der Waals surface area contributed by atoms with Gasteiger partial charge in [-0.25, -0.2) is 0 Å². The standard InChI is InChI=1S/C5H2F3N2O/c6-5(7,8)3-1-2-4(11)10-9-3/h1-2H. The maximum absolute atomic E-state index is 11.7. The van der Waals surface area contributed by atoms with Crippen molar-refractivity contribution in [3.05, 3.63) is 17.8 Å². The quantitative estimate of drug-likeness (QED) is 0.583. The van der Waals surface area contributed by atoms with Gasteiger partial charge in [0.25, 0.3) is 5.88 Å². The van der Waals surface area contributed by atoms with Crippen LogP contribution in [0.15, 0.2) is 12.1 Å². The molecule has 0 bridgehead atoms. The smallest absolute Gasteiger partial charge is 0.266 e. The number of aromatic nitrogens is 2. The number of alkyl halides is 3. The molecule has 6 heteroatoms. The maximum atomic E-state index is 11.7. The van der Waals surface area contributed by atoms with Crippen molar-refractivity contribution in [2.45, 2.75) is 6.18 Å². The molecule has 0 saturated carbocycles. The van der Waals surface area contributed by atoms with E-state index in [9.17, 15) is 18.3 Å². The Morgan fingerprint density at radius 1 is 1.18 bits per heavy atom. The summed E-state index contributed by atoms with van der Waals surface area (Å²) in [6.07, 6.45) is -4.53. The third-order valence-corrected chi connectivity index (χ3v) is 0.931. The highest BCUT2D eigenvalue weighted by molar-refractivity contribution is 5.11. The zero-order valence-electron chi connectivity index (χ0n) is 5.09. The van der Waals surface area contributed by atoms with Gasteiger partial charge in [-0.3, -0.25) is 5.11 Å². The average Bonchev–Trinajstić information content (AvgIpc) is 1.86. The van der Waals surface area contributed by atoms with Crippen LogP contribution in [0.2, 0.25) is 0 Å². The van der Waals surface area contributed by atoms with Gasteiger partial charge in [-0.1, -0.05) is 0 Å². The molecule has 0 aliphatic heterocycles. The summed E-state index contributed by atoms with van der Waals surface area (Å²) in [7, 11) is 0. The van der Waals surface area contributed by atoms with Crippen molar-refractivity contribution in [3.8, 4) is 5.88 Å². The third kappa shape index (κ3) is 1.79. The number of hydrogen-bond acceptors (Lipinski definition) is 2. The molecule has 11 heavy (non-hydrogen) atoms. The van der Waals surface area contributed by atoms with E-state index in [1.54, 1.807) is 0 Å². The topological polar surface area (TPSA) is 45.7 Å². The second-order valence-corrected chi connectivity index (χ2v) is 1.75.